The van der Waals surface area contributed by atoms with Crippen molar-refractivity contribution in [1.29, 1.82) is 5.26 Å². The zero-order valence-electron chi connectivity index (χ0n) is 12.0. The van der Waals surface area contributed by atoms with Gasteiger partial charge in [-0.25, -0.2) is 4.68 Å². The number of benzene rings is 1. The van der Waals surface area contributed by atoms with Gasteiger partial charge < -0.3 is 5.32 Å². The fourth-order valence-electron chi connectivity index (χ4n) is 2.34. The van der Waals surface area contributed by atoms with Crippen molar-refractivity contribution in [3.63, 3.8) is 0 Å². The van der Waals surface area contributed by atoms with Gasteiger partial charge in [-0.2, -0.15) is 10.4 Å². The van der Waals surface area contributed by atoms with E-state index in [1.807, 2.05) is 36.4 Å². The second-order valence-corrected chi connectivity index (χ2v) is 5.32. The predicted molar refractivity (Wildman–Crippen MR) is 79.0 cm³/mol. The molecule has 1 aliphatic rings. The second-order valence-electron chi connectivity index (χ2n) is 5.32. The monoisotopic (exact) mass is 311 g/mol. The molecule has 2 aromatic rings. The van der Waals surface area contributed by atoms with Gasteiger partial charge in [-0.05, 0) is 12.1 Å². The summed E-state index contributed by atoms with van der Waals surface area (Å²) >= 11 is 0. The third kappa shape index (κ3) is 3.03. The van der Waals surface area contributed by atoms with Crippen molar-refractivity contribution in [2.75, 3.05) is 0 Å². The Kier molecular flexibility index (Phi) is 3.76. The van der Waals surface area contributed by atoms with Gasteiger partial charge in [0.25, 0.3) is 0 Å². The summed E-state index contributed by atoms with van der Waals surface area (Å²) in [6.07, 6.45) is 3.38. The van der Waals surface area contributed by atoms with E-state index in [2.05, 4.69) is 10.4 Å². The molecule has 23 heavy (non-hydrogen) atoms. The smallest absolute Gasteiger partial charge is 0.231 e. The Morgan fingerprint density at radius 3 is 2.83 bits per heavy atom. The van der Waals surface area contributed by atoms with Gasteiger partial charge in [0.2, 0.25) is 11.9 Å². The Labute approximate surface area is 131 Å². The van der Waals surface area contributed by atoms with Crippen LogP contribution in [0.25, 0.3) is 5.69 Å². The molecule has 0 radical (unpaired) electrons. The number of para-hydroxylation sites is 1. The number of amides is 1. The van der Waals surface area contributed by atoms with Gasteiger partial charge in [0.15, 0.2) is 0 Å². The molecule has 1 heterocycles. The first-order chi connectivity index (χ1) is 11.1. The summed E-state index contributed by atoms with van der Waals surface area (Å²) in [4.78, 5) is 22.1. The lowest BCUT2D eigenvalue weighted by Gasteiger charge is -2.08. The highest BCUT2D eigenvalue weighted by atomic mass is 16.6. The number of carbonyl (C=O) groups is 1. The molecule has 0 spiro atoms. The van der Waals surface area contributed by atoms with E-state index in [1.165, 1.54) is 6.20 Å². The van der Waals surface area contributed by atoms with Crippen molar-refractivity contribution in [3.8, 4) is 11.8 Å². The van der Waals surface area contributed by atoms with Gasteiger partial charge in [-0.3, -0.25) is 14.9 Å². The van der Waals surface area contributed by atoms with Crippen LogP contribution in [0.3, 0.4) is 0 Å². The van der Waals surface area contributed by atoms with Crippen LogP contribution in [-0.2, 0) is 4.79 Å². The maximum absolute atomic E-state index is 11.9. The highest BCUT2D eigenvalue weighted by Gasteiger charge is 2.53. The topological polar surface area (TPSA) is 114 Å². The van der Waals surface area contributed by atoms with Crippen molar-refractivity contribution in [2.24, 2.45) is 5.92 Å². The zero-order valence-corrected chi connectivity index (χ0v) is 12.0. The number of aromatic nitrogens is 2. The summed E-state index contributed by atoms with van der Waals surface area (Å²) in [5, 5.41) is 26.6. The van der Waals surface area contributed by atoms with E-state index >= 15 is 0 Å². The molecule has 8 nitrogen and oxygen atoms in total. The van der Waals surface area contributed by atoms with Gasteiger partial charge >= 0.3 is 0 Å². The molecule has 1 amide bonds. The molecule has 0 bridgehead atoms. The SMILES string of the molecule is N#C[C@H](NC(=O)[C@H]1C[C@H]1[N+](=O)[O-])c1cnn(-c2ccccc2)c1. The molecule has 1 aromatic carbocycles. The van der Waals surface area contributed by atoms with E-state index in [0.29, 0.717) is 5.56 Å². The molecule has 116 valence electrons. The normalized spacial score (nSPS) is 20.3. The van der Waals surface area contributed by atoms with Crippen LogP contribution in [0.15, 0.2) is 42.7 Å². The van der Waals surface area contributed by atoms with Crippen LogP contribution in [0.2, 0.25) is 0 Å². The van der Waals surface area contributed by atoms with Gasteiger partial charge in [0.05, 0.1) is 18.0 Å². The molecule has 3 atom stereocenters. The first-order valence-electron chi connectivity index (χ1n) is 7.03. The Balaban J connectivity index is 1.70. The van der Waals surface area contributed by atoms with Crippen LogP contribution in [0.4, 0.5) is 0 Å². The molecule has 3 rings (SSSR count). The van der Waals surface area contributed by atoms with Crippen LogP contribution in [0.5, 0.6) is 0 Å². The Hall–Kier alpha value is -3.21. The van der Waals surface area contributed by atoms with Crippen molar-refractivity contribution in [2.45, 2.75) is 18.5 Å². The molecule has 1 aromatic heterocycles. The Morgan fingerprint density at radius 1 is 1.48 bits per heavy atom. The molecule has 0 unspecified atom stereocenters. The number of nitrogens with zero attached hydrogens (tertiary/aromatic N) is 4. The Bertz CT molecular complexity index is 780. The van der Waals surface area contributed by atoms with Crippen LogP contribution in [0, 0.1) is 27.4 Å². The van der Waals surface area contributed by atoms with Crippen LogP contribution >= 0.6 is 0 Å². The molecular weight excluding hydrogens is 298 g/mol. The minimum absolute atomic E-state index is 0.222. The average molecular weight is 311 g/mol. The fraction of sp³-hybridized carbons (Fsp3) is 0.267. The average Bonchev–Trinajstić information content (AvgIpc) is 3.23. The number of hydrogen-bond acceptors (Lipinski definition) is 5. The zero-order chi connectivity index (χ0) is 16.4. The summed E-state index contributed by atoms with van der Waals surface area (Å²) in [5.74, 6) is -1.12. The molecule has 0 saturated heterocycles. The number of carbonyl (C=O) groups excluding carboxylic acids is 1. The van der Waals surface area contributed by atoms with Crippen LogP contribution in [0.1, 0.15) is 18.0 Å². The van der Waals surface area contributed by atoms with Gasteiger partial charge in [0, 0.05) is 23.1 Å². The van der Waals surface area contributed by atoms with Crippen molar-refractivity contribution < 1.29 is 9.72 Å². The standard InChI is InChI=1S/C15H13N5O3/c16-7-13(18-15(21)12-6-14(12)20(22)23)10-8-17-19(9-10)11-4-2-1-3-5-11/h1-5,8-9,12-14H,6H2,(H,18,21)/t12-,13-,14+/m0/s1. The first-order valence-corrected chi connectivity index (χ1v) is 7.03. The minimum atomic E-state index is -0.882. The van der Waals surface area contributed by atoms with Crippen molar-refractivity contribution in [3.05, 3.63) is 58.4 Å². The molecule has 8 heteroatoms. The van der Waals surface area contributed by atoms with E-state index in [-0.39, 0.29) is 6.42 Å². The molecule has 1 aliphatic carbocycles. The minimum Gasteiger partial charge on any atom is -0.336 e. The number of nitro groups is 1. The van der Waals surface area contributed by atoms with Gasteiger partial charge in [0.1, 0.15) is 12.0 Å². The summed E-state index contributed by atoms with van der Waals surface area (Å²) in [5.41, 5.74) is 1.36. The Morgan fingerprint density at radius 2 is 2.22 bits per heavy atom. The van der Waals surface area contributed by atoms with Gasteiger partial charge in [-0.1, -0.05) is 18.2 Å². The first kappa shape index (κ1) is 14.7. The van der Waals surface area contributed by atoms with E-state index in [0.717, 1.165) is 5.69 Å². The molecular formula is C15H13N5O3. The van der Waals surface area contributed by atoms with E-state index in [1.54, 1.807) is 10.9 Å². The number of nitriles is 1. The van der Waals surface area contributed by atoms with Crippen molar-refractivity contribution >= 4 is 5.91 Å². The summed E-state index contributed by atoms with van der Waals surface area (Å²) < 4.78 is 1.60. The predicted octanol–water partition coefficient (Wildman–Crippen LogP) is 1.22. The molecule has 0 aliphatic heterocycles. The lowest BCUT2D eigenvalue weighted by Crippen LogP contribution is -2.30. The highest BCUT2D eigenvalue weighted by molar-refractivity contribution is 5.82. The maximum Gasteiger partial charge on any atom is 0.231 e. The number of hydrogen-bond donors (Lipinski definition) is 1. The lowest BCUT2D eigenvalue weighted by atomic mass is 10.2. The van der Waals surface area contributed by atoms with Crippen molar-refractivity contribution in [1.82, 2.24) is 15.1 Å². The van der Waals surface area contributed by atoms with E-state index in [4.69, 9.17) is 0 Å². The summed E-state index contributed by atoms with van der Waals surface area (Å²) in [7, 11) is 0. The maximum atomic E-state index is 11.9. The number of nitrogens with one attached hydrogen (secondary N) is 1. The largest absolute Gasteiger partial charge is 0.336 e. The molecule has 1 fully saturated rings. The quantitative estimate of drug-likeness (QED) is 0.658. The van der Waals surface area contributed by atoms with E-state index < -0.39 is 28.8 Å². The molecule has 1 saturated carbocycles. The highest BCUT2D eigenvalue weighted by Crippen LogP contribution is 2.33. The van der Waals surface area contributed by atoms with Gasteiger partial charge in [-0.15, -0.1) is 0 Å². The lowest BCUT2D eigenvalue weighted by molar-refractivity contribution is -0.497. The second kappa shape index (κ2) is 5.88. The fourth-order valence-corrected chi connectivity index (χ4v) is 2.34. The third-order valence-corrected chi connectivity index (χ3v) is 3.74. The molecule has 1 N–H and O–H groups in total. The van der Waals surface area contributed by atoms with E-state index in [9.17, 15) is 20.2 Å². The van der Waals surface area contributed by atoms with Crippen LogP contribution < -0.4 is 5.32 Å². The number of rotatable bonds is 5. The third-order valence-electron chi connectivity index (χ3n) is 3.74. The summed E-state index contributed by atoms with van der Waals surface area (Å²) in [6.45, 7) is 0. The summed E-state index contributed by atoms with van der Waals surface area (Å²) in [6, 6.07) is 9.61. The van der Waals surface area contributed by atoms with Crippen LogP contribution in [-0.4, -0.2) is 26.7 Å².